The van der Waals surface area contributed by atoms with E-state index < -0.39 is 0 Å². The minimum absolute atomic E-state index is 0. The Labute approximate surface area is 180 Å². The lowest BCUT2D eigenvalue weighted by Gasteiger charge is -2.29. The normalized spacial score (nSPS) is 14.6. The molecule has 0 unspecified atom stereocenters. The van der Waals surface area contributed by atoms with Crippen LogP contribution in [-0.2, 0) is 6.42 Å². The summed E-state index contributed by atoms with van der Waals surface area (Å²) in [6.45, 7) is 3.52. The van der Waals surface area contributed by atoms with Crippen molar-refractivity contribution in [3.63, 3.8) is 0 Å². The van der Waals surface area contributed by atoms with E-state index in [0.29, 0.717) is 42.6 Å². The fourth-order valence-electron chi connectivity index (χ4n) is 3.93. The molecule has 0 aliphatic carbocycles. The molecular formula is C21H22ClN5O3. The number of rotatable bonds is 2. The minimum atomic E-state index is -0.169. The van der Waals surface area contributed by atoms with Crippen LogP contribution >= 0.6 is 12.4 Å². The molecule has 3 heterocycles. The van der Waals surface area contributed by atoms with Gasteiger partial charge in [0.15, 0.2) is 17.2 Å². The zero-order valence-corrected chi connectivity index (χ0v) is 17.3. The number of halogens is 1. The van der Waals surface area contributed by atoms with Crippen molar-refractivity contribution >= 4 is 29.7 Å². The van der Waals surface area contributed by atoms with Gasteiger partial charge >= 0.3 is 0 Å². The molecule has 3 aromatic rings. The number of fused-ring (bicyclic) bond motifs is 2. The Morgan fingerprint density at radius 2 is 1.93 bits per heavy atom. The molecule has 2 aliphatic rings. The number of nitrogen functional groups attached to an aromatic ring is 1. The maximum Gasteiger partial charge on any atom is 0.280 e. The molecule has 1 amide bonds. The highest BCUT2D eigenvalue weighted by Crippen LogP contribution is 2.34. The average molecular weight is 428 g/mol. The topological polar surface area (TPSA) is 95.5 Å². The Hall–Kier alpha value is -3.26. The number of benzene rings is 2. The molecule has 0 atom stereocenters. The third-order valence-corrected chi connectivity index (χ3v) is 5.40. The number of nitrogens with zero attached hydrogens (tertiary/aromatic N) is 4. The Bertz CT molecular complexity index is 1110. The fraction of sp³-hybridized carbons (Fsp3) is 0.286. The predicted molar refractivity (Wildman–Crippen MR) is 115 cm³/mol. The van der Waals surface area contributed by atoms with Gasteiger partial charge in [0, 0.05) is 24.0 Å². The number of nitrogens with two attached hydrogens (primary N) is 1. The maximum absolute atomic E-state index is 13.3. The number of amides is 1. The number of carbonyl (C=O) groups is 1. The summed E-state index contributed by atoms with van der Waals surface area (Å²) in [5.74, 6) is 1.20. The van der Waals surface area contributed by atoms with Gasteiger partial charge < -0.3 is 20.1 Å². The summed E-state index contributed by atoms with van der Waals surface area (Å²) < 4.78 is 12.9. The van der Waals surface area contributed by atoms with E-state index in [9.17, 15) is 4.79 Å². The van der Waals surface area contributed by atoms with E-state index >= 15 is 0 Å². The van der Waals surface area contributed by atoms with Crippen LogP contribution in [0, 0.1) is 6.92 Å². The average Bonchev–Trinajstić information content (AvgIpc) is 3.14. The van der Waals surface area contributed by atoms with E-state index in [1.807, 2.05) is 43.3 Å². The molecule has 8 nitrogen and oxygen atoms in total. The van der Waals surface area contributed by atoms with E-state index in [1.165, 1.54) is 0 Å². The van der Waals surface area contributed by atoms with Crippen molar-refractivity contribution in [2.24, 2.45) is 0 Å². The summed E-state index contributed by atoms with van der Waals surface area (Å²) in [6, 6.07) is 11.2. The molecule has 30 heavy (non-hydrogen) atoms. The molecule has 0 radical (unpaired) electrons. The van der Waals surface area contributed by atoms with Crippen molar-refractivity contribution in [1.82, 2.24) is 15.0 Å². The highest BCUT2D eigenvalue weighted by Gasteiger charge is 2.28. The van der Waals surface area contributed by atoms with Crippen LogP contribution < -0.4 is 20.1 Å². The molecule has 0 fully saturated rings. The Balaban J connectivity index is 0.00000218. The van der Waals surface area contributed by atoms with E-state index in [2.05, 4.69) is 10.3 Å². The molecule has 1 aromatic heterocycles. The van der Waals surface area contributed by atoms with Gasteiger partial charge in [0.1, 0.15) is 13.2 Å². The van der Waals surface area contributed by atoms with E-state index in [-0.39, 0.29) is 18.3 Å². The van der Waals surface area contributed by atoms with Gasteiger partial charge in [-0.05, 0) is 49.6 Å². The molecule has 156 valence electrons. The zero-order chi connectivity index (χ0) is 20.0. The second-order valence-corrected chi connectivity index (χ2v) is 7.17. The van der Waals surface area contributed by atoms with Gasteiger partial charge in [0.2, 0.25) is 0 Å². The van der Waals surface area contributed by atoms with E-state index in [4.69, 9.17) is 15.2 Å². The summed E-state index contributed by atoms with van der Waals surface area (Å²) in [6.07, 6.45) is 1.73. The van der Waals surface area contributed by atoms with Gasteiger partial charge in [-0.2, -0.15) is 0 Å². The van der Waals surface area contributed by atoms with Crippen molar-refractivity contribution in [2.45, 2.75) is 19.8 Å². The first-order valence-electron chi connectivity index (χ1n) is 9.65. The number of anilines is 2. The van der Waals surface area contributed by atoms with Crippen LogP contribution in [0.2, 0.25) is 0 Å². The van der Waals surface area contributed by atoms with Gasteiger partial charge in [-0.3, -0.25) is 4.79 Å². The van der Waals surface area contributed by atoms with Crippen LogP contribution in [0.25, 0.3) is 5.69 Å². The predicted octanol–water partition coefficient (Wildman–Crippen LogP) is 2.94. The Morgan fingerprint density at radius 3 is 2.77 bits per heavy atom. The quantitative estimate of drug-likeness (QED) is 0.632. The van der Waals surface area contributed by atoms with Gasteiger partial charge in [-0.15, -0.1) is 17.5 Å². The summed E-state index contributed by atoms with van der Waals surface area (Å²) in [7, 11) is 0. The first kappa shape index (κ1) is 20.0. The molecule has 0 bridgehead atoms. The molecule has 9 heteroatoms. The Kier molecular flexibility index (Phi) is 5.26. The van der Waals surface area contributed by atoms with Crippen LogP contribution in [-0.4, -0.2) is 40.7 Å². The van der Waals surface area contributed by atoms with Crippen molar-refractivity contribution in [3.8, 4) is 17.2 Å². The molecule has 2 aromatic carbocycles. The molecule has 0 saturated carbocycles. The smallest absolute Gasteiger partial charge is 0.280 e. The molecule has 5 rings (SSSR count). The SMILES string of the molecule is Cc1c(C(=O)N2CCCc3c(N)cccc32)nnn1-c1ccc2c(c1)OCCO2.Cl. The first-order valence-corrected chi connectivity index (χ1v) is 9.65. The summed E-state index contributed by atoms with van der Waals surface area (Å²) in [4.78, 5) is 15.0. The van der Waals surface area contributed by atoms with Crippen LogP contribution in [0.5, 0.6) is 11.5 Å². The van der Waals surface area contributed by atoms with Gasteiger partial charge in [-0.25, -0.2) is 4.68 Å². The van der Waals surface area contributed by atoms with E-state index in [1.54, 1.807) is 9.58 Å². The standard InChI is InChI=1S/C21H21N5O3.ClH/c1-13-20(21(27)25-9-3-4-15-16(22)5-2-6-17(15)25)23-24-26(13)14-7-8-18-19(12-14)29-11-10-28-18;/h2,5-8,12H,3-4,9-11,22H2,1H3;1H. The lowest BCUT2D eigenvalue weighted by Crippen LogP contribution is -2.36. The second kappa shape index (κ2) is 7.87. The van der Waals surface area contributed by atoms with Crippen LogP contribution in [0.15, 0.2) is 36.4 Å². The third kappa shape index (κ3) is 3.23. The minimum Gasteiger partial charge on any atom is -0.486 e. The number of hydrogen-bond donors (Lipinski definition) is 1. The van der Waals surface area contributed by atoms with Gasteiger partial charge in [0.25, 0.3) is 5.91 Å². The summed E-state index contributed by atoms with van der Waals surface area (Å²) in [5.41, 5.74) is 10.5. The zero-order valence-electron chi connectivity index (χ0n) is 16.5. The van der Waals surface area contributed by atoms with Gasteiger partial charge in [0.05, 0.1) is 11.4 Å². The van der Waals surface area contributed by atoms with Crippen molar-refractivity contribution in [3.05, 3.63) is 53.3 Å². The number of aromatic nitrogens is 3. The Morgan fingerprint density at radius 1 is 1.13 bits per heavy atom. The van der Waals surface area contributed by atoms with Crippen LogP contribution in [0.3, 0.4) is 0 Å². The van der Waals surface area contributed by atoms with Crippen molar-refractivity contribution < 1.29 is 14.3 Å². The third-order valence-electron chi connectivity index (χ3n) is 5.40. The van der Waals surface area contributed by atoms with Crippen LogP contribution in [0.4, 0.5) is 11.4 Å². The molecule has 2 N–H and O–H groups in total. The largest absolute Gasteiger partial charge is 0.486 e. The highest BCUT2D eigenvalue weighted by atomic mass is 35.5. The monoisotopic (exact) mass is 427 g/mol. The first-order chi connectivity index (χ1) is 14.1. The van der Waals surface area contributed by atoms with Gasteiger partial charge in [-0.1, -0.05) is 11.3 Å². The lowest BCUT2D eigenvalue weighted by atomic mass is 9.99. The summed E-state index contributed by atoms with van der Waals surface area (Å²) >= 11 is 0. The number of carbonyl (C=O) groups excluding carboxylic acids is 1. The highest BCUT2D eigenvalue weighted by molar-refractivity contribution is 6.06. The maximum atomic E-state index is 13.3. The number of ether oxygens (including phenoxy) is 2. The van der Waals surface area contributed by atoms with E-state index in [0.717, 1.165) is 35.5 Å². The molecule has 0 spiro atoms. The fourth-order valence-corrected chi connectivity index (χ4v) is 3.93. The summed E-state index contributed by atoms with van der Waals surface area (Å²) in [5, 5.41) is 8.42. The van der Waals surface area contributed by atoms with Crippen molar-refractivity contribution in [1.29, 1.82) is 0 Å². The molecular weight excluding hydrogens is 406 g/mol. The lowest BCUT2D eigenvalue weighted by molar-refractivity contribution is 0.0979. The van der Waals surface area contributed by atoms with Crippen LogP contribution in [0.1, 0.15) is 28.2 Å². The van der Waals surface area contributed by atoms with Crippen molar-refractivity contribution in [2.75, 3.05) is 30.4 Å². The second-order valence-electron chi connectivity index (χ2n) is 7.17. The number of hydrogen-bond acceptors (Lipinski definition) is 6. The molecule has 2 aliphatic heterocycles. The molecule has 0 saturated heterocycles.